The lowest BCUT2D eigenvalue weighted by molar-refractivity contribution is 0.836. The second-order valence-electron chi connectivity index (χ2n) is 7.49. The predicted octanol–water partition coefficient (Wildman–Crippen LogP) is 6.36. The zero-order chi connectivity index (χ0) is 20.5. The minimum Gasteiger partial charge on any atom is -0.342 e. The average Bonchev–Trinajstić information content (AvgIpc) is 3.34. The van der Waals surface area contributed by atoms with Crippen molar-refractivity contribution in [2.45, 2.75) is 13.5 Å². The zero-order valence-electron chi connectivity index (χ0n) is 17.0. The van der Waals surface area contributed by atoms with Crippen molar-refractivity contribution in [3.8, 4) is 6.07 Å². The molecule has 152 valence electrons. The standard InChI is InChI=1S/C26H20N4.ClH/c1-18-11-12-23-24(13-18)29-26(28-23)20(15-27)14-21-17-30(16-19-7-3-2-4-8-19)25-10-6-5-9-22(21)25;/h2-14,17H,16H2,1H3,(H,28,29);1H/b20-14+;. The number of nitriles is 1. The Labute approximate surface area is 186 Å². The highest BCUT2D eigenvalue weighted by molar-refractivity contribution is 5.98. The molecule has 0 bridgehead atoms. The number of fused-ring (bicyclic) bond motifs is 2. The van der Waals surface area contributed by atoms with Crippen LogP contribution in [-0.2, 0) is 6.54 Å². The van der Waals surface area contributed by atoms with Crippen LogP contribution >= 0.6 is 12.4 Å². The number of halogens is 1. The molecule has 3 aromatic carbocycles. The summed E-state index contributed by atoms with van der Waals surface area (Å²) in [7, 11) is 0. The van der Waals surface area contributed by atoms with E-state index in [1.165, 1.54) is 5.56 Å². The quantitative estimate of drug-likeness (QED) is 0.341. The molecule has 5 aromatic rings. The Morgan fingerprint density at radius 1 is 1.06 bits per heavy atom. The molecule has 2 aromatic heterocycles. The Morgan fingerprint density at radius 3 is 2.65 bits per heavy atom. The Morgan fingerprint density at radius 2 is 1.84 bits per heavy atom. The fraction of sp³-hybridized carbons (Fsp3) is 0.0769. The molecular formula is C26H21ClN4. The van der Waals surface area contributed by atoms with E-state index in [4.69, 9.17) is 0 Å². The van der Waals surface area contributed by atoms with Crippen LogP contribution in [-0.4, -0.2) is 14.5 Å². The number of nitrogens with zero attached hydrogens (tertiary/aromatic N) is 3. The predicted molar refractivity (Wildman–Crippen MR) is 129 cm³/mol. The Kier molecular flexibility index (Phi) is 5.62. The van der Waals surface area contributed by atoms with E-state index in [2.05, 4.69) is 63.2 Å². The number of aromatic amines is 1. The number of nitrogens with one attached hydrogen (secondary N) is 1. The SMILES string of the molecule is Cc1ccc2nc(/C(C#N)=C/c3cn(Cc4ccccc4)c4ccccc34)[nH]c2c1.Cl. The molecule has 2 heterocycles. The molecule has 4 nitrogen and oxygen atoms in total. The molecule has 31 heavy (non-hydrogen) atoms. The first-order valence-electron chi connectivity index (χ1n) is 9.91. The number of para-hydroxylation sites is 1. The van der Waals surface area contributed by atoms with Crippen LogP contribution in [0.15, 0.2) is 79.0 Å². The molecule has 5 heteroatoms. The fourth-order valence-corrected chi connectivity index (χ4v) is 3.86. The van der Waals surface area contributed by atoms with Gasteiger partial charge in [-0.25, -0.2) is 4.98 Å². The third-order valence-electron chi connectivity index (χ3n) is 5.33. The average molecular weight is 425 g/mol. The van der Waals surface area contributed by atoms with Crippen LogP contribution in [0.1, 0.15) is 22.5 Å². The van der Waals surface area contributed by atoms with Gasteiger partial charge in [-0.1, -0.05) is 54.6 Å². The second kappa shape index (κ2) is 8.51. The normalized spacial score (nSPS) is 11.4. The Balaban J connectivity index is 0.00000231. The third-order valence-corrected chi connectivity index (χ3v) is 5.33. The maximum atomic E-state index is 9.85. The first kappa shape index (κ1) is 20.5. The number of aryl methyl sites for hydroxylation is 1. The number of hydrogen-bond donors (Lipinski definition) is 1. The minimum atomic E-state index is 0. The number of allylic oxidation sites excluding steroid dienone is 1. The van der Waals surface area contributed by atoms with Crippen molar-refractivity contribution in [2.75, 3.05) is 0 Å². The lowest BCUT2D eigenvalue weighted by atomic mass is 10.1. The summed E-state index contributed by atoms with van der Waals surface area (Å²) in [4.78, 5) is 7.92. The number of H-pyrrole nitrogens is 1. The van der Waals surface area contributed by atoms with Crippen molar-refractivity contribution in [1.82, 2.24) is 14.5 Å². The van der Waals surface area contributed by atoms with Crippen LogP contribution < -0.4 is 0 Å². The molecule has 0 aliphatic heterocycles. The van der Waals surface area contributed by atoms with Crippen molar-refractivity contribution < 1.29 is 0 Å². The topological polar surface area (TPSA) is 57.4 Å². The van der Waals surface area contributed by atoms with E-state index in [0.29, 0.717) is 11.4 Å². The molecule has 0 saturated heterocycles. The van der Waals surface area contributed by atoms with Crippen molar-refractivity contribution in [3.63, 3.8) is 0 Å². The van der Waals surface area contributed by atoms with E-state index in [9.17, 15) is 5.26 Å². The van der Waals surface area contributed by atoms with Gasteiger partial charge in [-0.05, 0) is 42.3 Å². The molecule has 0 aliphatic carbocycles. The molecular weight excluding hydrogens is 404 g/mol. The van der Waals surface area contributed by atoms with E-state index in [-0.39, 0.29) is 12.4 Å². The molecule has 0 unspecified atom stereocenters. The van der Waals surface area contributed by atoms with Gasteiger partial charge in [-0.2, -0.15) is 5.26 Å². The highest BCUT2D eigenvalue weighted by Crippen LogP contribution is 2.27. The van der Waals surface area contributed by atoms with Crippen molar-refractivity contribution in [3.05, 3.63) is 102 Å². The van der Waals surface area contributed by atoms with Crippen LogP contribution in [0.4, 0.5) is 0 Å². The van der Waals surface area contributed by atoms with Crippen LogP contribution in [0.2, 0.25) is 0 Å². The molecule has 0 fully saturated rings. The highest BCUT2D eigenvalue weighted by atomic mass is 35.5. The van der Waals surface area contributed by atoms with Crippen molar-refractivity contribution >= 4 is 46.0 Å². The summed E-state index contributed by atoms with van der Waals surface area (Å²) < 4.78 is 2.23. The summed E-state index contributed by atoms with van der Waals surface area (Å²) in [6, 6.07) is 27.1. The number of rotatable bonds is 4. The zero-order valence-corrected chi connectivity index (χ0v) is 17.9. The summed E-state index contributed by atoms with van der Waals surface area (Å²) in [5.41, 5.74) is 6.87. The van der Waals surface area contributed by atoms with Gasteiger partial charge in [0, 0.05) is 29.2 Å². The van der Waals surface area contributed by atoms with Crippen LogP contribution in [0.25, 0.3) is 33.6 Å². The second-order valence-corrected chi connectivity index (χ2v) is 7.49. The first-order chi connectivity index (χ1) is 14.7. The third kappa shape index (κ3) is 3.96. The molecule has 0 radical (unpaired) electrons. The lowest BCUT2D eigenvalue weighted by Crippen LogP contribution is -1.97. The number of imidazole rings is 1. The molecule has 1 N–H and O–H groups in total. The monoisotopic (exact) mass is 424 g/mol. The fourth-order valence-electron chi connectivity index (χ4n) is 3.86. The summed E-state index contributed by atoms with van der Waals surface area (Å²) in [5, 5.41) is 11.0. The smallest absolute Gasteiger partial charge is 0.149 e. The molecule has 0 atom stereocenters. The number of aromatic nitrogens is 3. The summed E-state index contributed by atoms with van der Waals surface area (Å²) >= 11 is 0. The number of benzene rings is 3. The van der Waals surface area contributed by atoms with E-state index >= 15 is 0 Å². The Hall–Kier alpha value is -3.81. The van der Waals surface area contributed by atoms with Gasteiger partial charge in [0.25, 0.3) is 0 Å². The van der Waals surface area contributed by atoms with Crippen molar-refractivity contribution in [2.24, 2.45) is 0 Å². The molecule has 0 amide bonds. The van der Waals surface area contributed by atoms with E-state index in [0.717, 1.165) is 39.6 Å². The first-order valence-corrected chi connectivity index (χ1v) is 9.91. The molecule has 0 aliphatic rings. The van der Waals surface area contributed by atoms with Gasteiger partial charge in [0.1, 0.15) is 11.9 Å². The highest BCUT2D eigenvalue weighted by Gasteiger charge is 2.12. The largest absolute Gasteiger partial charge is 0.342 e. The molecule has 0 spiro atoms. The van der Waals surface area contributed by atoms with Gasteiger partial charge in [0.15, 0.2) is 0 Å². The maximum Gasteiger partial charge on any atom is 0.149 e. The molecule has 0 saturated carbocycles. The number of hydrogen-bond acceptors (Lipinski definition) is 2. The summed E-state index contributed by atoms with van der Waals surface area (Å²) in [5.74, 6) is 0.595. The minimum absolute atomic E-state index is 0. The van der Waals surface area contributed by atoms with E-state index < -0.39 is 0 Å². The van der Waals surface area contributed by atoms with Crippen molar-refractivity contribution in [1.29, 1.82) is 5.26 Å². The van der Waals surface area contributed by atoms with E-state index in [1.54, 1.807) is 0 Å². The van der Waals surface area contributed by atoms with Gasteiger partial charge >= 0.3 is 0 Å². The maximum absolute atomic E-state index is 9.85. The Bertz CT molecular complexity index is 1440. The lowest BCUT2D eigenvalue weighted by Gasteiger charge is -2.05. The van der Waals surface area contributed by atoms with Gasteiger partial charge in [-0.3, -0.25) is 0 Å². The van der Waals surface area contributed by atoms with Gasteiger partial charge in [0.2, 0.25) is 0 Å². The van der Waals surface area contributed by atoms with Crippen LogP contribution in [0, 0.1) is 18.3 Å². The van der Waals surface area contributed by atoms with Crippen LogP contribution in [0.5, 0.6) is 0 Å². The van der Waals surface area contributed by atoms with Gasteiger partial charge < -0.3 is 9.55 Å². The van der Waals surface area contributed by atoms with Gasteiger partial charge in [-0.15, -0.1) is 12.4 Å². The summed E-state index contributed by atoms with van der Waals surface area (Å²) in [6.07, 6.45) is 4.04. The molecule has 5 rings (SSSR count). The van der Waals surface area contributed by atoms with Crippen LogP contribution in [0.3, 0.4) is 0 Å². The van der Waals surface area contributed by atoms with E-state index in [1.807, 2.05) is 49.4 Å². The van der Waals surface area contributed by atoms with Gasteiger partial charge in [0.05, 0.1) is 16.6 Å². The summed E-state index contributed by atoms with van der Waals surface area (Å²) in [6.45, 7) is 2.82.